The summed E-state index contributed by atoms with van der Waals surface area (Å²) in [5.74, 6) is -3.89. The van der Waals surface area contributed by atoms with Gasteiger partial charge >= 0.3 is 0 Å². The summed E-state index contributed by atoms with van der Waals surface area (Å²) in [4.78, 5) is 38.8. The number of carbonyl (C=O) groups is 3. The standard InChI is InChI=1S/C24H26O7/c1-10-6-11(2)18(27)16-13(10)7-22(4)9-23(5)8-14(26)15(12(3)25)20(29)24(23,31)21(30)17(22)19(16)28/h6,26-27,30-31H,7-9H2,1-5H3. The smallest absolute Gasteiger partial charge is 0.209 e. The summed E-state index contributed by atoms with van der Waals surface area (Å²) in [6, 6.07) is 1.79. The van der Waals surface area contributed by atoms with Gasteiger partial charge in [-0.05, 0) is 50.3 Å². The average molecular weight is 426 g/mol. The number of aliphatic hydroxyl groups excluding tert-OH is 2. The lowest BCUT2D eigenvalue weighted by atomic mass is 9.48. The molecule has 1 aromatic carbocycles. The van der Waals surface area contributed by atoms with E-state index in [2.05, 4.69) is 0 Å². The molecule has 0 saturated heterocycles. The highest BCUT2D eigenvalue weighted by Gasteiger charge is 2.67. The predicted octanol–water partition coefficient (Wildman–Crippen LogP) is 3.08. The van der Waals surface area contributed by atoms with Gasteiger partial charge in [-0.25, -0.2) is 0 Å². The van der Waals surface area contributed by atoms with E-state index in [0.29, 0.717) is 17.5 Å². The van der Waals surface area contributed by atoms with Crippen LogP contribution in [0.3, 0.4) is 0 Å². The molecule has 0 aromatic heterocycles. The van der Waals surface area contributed by atoms with E-state index >= 15 is 0 Å². The summed E-state index contributed by atoms with van der Waals surface area (Å²) < 4.78 is 0. The molecule has 1 aromatic rings. The number of carbonyl (C=O) groups excluding carboxylic acids is 3. The summed E-state index contributed by atoms with van der Waals surface area (Å²) in [6.07, 6.45) is 0.212. The fourth-order valence-corrected chi connectivity index (χ4v) is 6.07. The Kier molecular flexibility index (Phi) is 4.17. The van der Waals surface area contributed by atoms with Gasteiger partial charge in [0.05, 0.1) is 5.56 Å². The van der Waals surface area contributed by atoms with Gasteiger partial charge in [0.25, 0.3) is 0 Å². The molecule has 0 fully saturated rings. The van der Waals surface area contributed by atoms with Gasteiger partial charge in [0.1, 0.15) is 22.8 Å². The lowest BCUT2D eigenvalue weighted by Crippen LogP contribution is -2.63. The lowest BCUT2D eigenvalue weighted by Gasteiger charge is -2.56. The highest BCUT2D eigenvalue weighted by atomic mass is 16.3. The van der Waals surface area contributed by atoms with Gasteiger partial charge in [0.15, 0.2) is 17.2 Å². The highest BCUT2D eigenvalue weighted by molar-refractivity contribution is 6.25. The number of ketones is 3. The molecule has 7 nitrogen and oxygen atoms in total. The monoisotopic (exact) mass is 426 g/mol. The number of phenolic OH excluding ortho intramolecular Hbond substituents is 1. The molecule has 3 unspecified atom stereocenters. The summed E-state index contributed by atoms with van der Waals surface area (Å²) in [5, 5.41) is 43.9. The molecular weight excluding hydrogens is 400 g/mol. The SMILES string of the molecule is CC(=O)C1=C(O)CC2(C)CC3(C)Cc4c(C)cc(C)c(O)c4C(=O)C3=C(O)C2(O)C1=O. The van der Waals surface area contributed by atoms with Crippen molar-refractivity contribution in [3.8, 4) is 5.75 Å². The Morgan fingerprint density at radius 3 is 2.23 bits per heavy atom. The quantitative estimate of drug-likeness (QED) is 0.507. The van der Waals surface area contributed by atoms with E-state index in [-0.39, 0.29) is 29.7 Å². The molecule has 164 valence electrons. The first kappa shape index (κ1) is 21.3. The zero-order chi connectivity index (χ0) is 23.3. The van der Waals surface area contributed by atoms with Crippen molar-refractivity contribution in [3.63, 3.8) is 0 Å². The fraction of sp³-hybridized carbons (Fsp3) is 0.458. The molecule has 3 aliphatic rings. The Hall–Kier alpha value is -2.93. The van der Waals surface area contributed by atoms with Crippen LogP contribution < -0.4 is 0 Å². The summed E-state index contributed by atoms with van der Waals surface area (Å²) in [5.41, 5.74) is -3.45. The average Bonchev–Trinajstić information content (AvgIpc) is 2.62. The Morgan fingerprint density at radius 1 is 1.03 bits per heavy atom. The first-order valence-corrected chi connectivity index (χ1v) is 10.2. The minimum absolute atomic E-state index is 0.0668. The molecule has 0 aliphatic heterocycles. The van der Waals surface area contributed by atoms with Gasteiger partial charge in [0.2, 0.25) is 5.78 Å². The van der Waals surface area contributed by atoms with Crippen LogP contribution in [-0.4, -0.2) is 43.4 Å². The number of hydrogen-bond acceptors (Lipinski definition) is 7. The summed E-state index contributed by atoms with van der Waals surface area (Å²) in [6.45, 7) is 7.94. The third-order valence-electron chi connectivity index (χ3n) is 7.43. The number of phenols is 1. The van der Waals surface area contributed by atoms with E-state index in [9.17, 15) is 34.8 Å². The van der Waals surface area contributed by atoms with E-state index in [0.717, 1.165) is 12.5 Å². The Labute approximate surface area is 179 Å². The Bertz CT molecular complexity index is 1170. The minimum Gasteiger partial charge on any atom is -0.511 e. The molecule has 31 heavy (non-hydrogen) atoms. The van der Waals surface area contributed by atoms with Gasteiger partial charge < -0.3 is 20.4 Å². The first-order valence-electron chi connectivity index (χ1n) is 10.2. The molecule has 0 spiro atoms. The van der Waals surface area contributed by atoms with Gasteiger partial charge in [-0.2, -0.15) is 0 Å². The van der Waals surface area contributed by atoms with E-state index in [1.165, 1.54) is 0 Å². The maximum absolute atomic E-state index is 13.6. The van der Waals surface area contributed by atoms with Crippen LogP contribution in [0.15, 0.2) is 28.7 Å². The van der Waals surface area contributed by atoms with Gasteiger partial charge in [-0.3, -0.25) is 14.4 Å². The van der Waals surface area contributed by atoms with Crippen LogP contribution in [0.4, 0.5) is 0 Å². The number of allylic oxidation sites excluding steroid dienone is 2. The van der Waals surface area contributed by atoms with Crippen molar-refractivity contribution >= 4 is 17.3 Å². The number of aliphatic hydroxyl groups is 3. The molecule has 4 N–H and O–H groups in total. The maximum atomic E-state index is 13.6. The molecule has 3 aliphatic carbocycles. The van der Waals surface area contributed by atoms with E-state index in [1.807, 2.05) is 6.92 Å². The predicted molar refractivity (Wildman–Crippen MR) is 111 cm³/mol. The third-order valence-corrected chi connectivity index (χ3v) is 7.43. The summed E-state index contributed by atoms with van der Waals surface area (Å²) >= 11 is 0. The van der Waals surface area contributed by atoms with Crippen LogP contribution in [0.5, 0.6) is 5.75 Å². The van der Waals surface area contributed by atoms with Crippen LogP contribution in [0.1, 0.15) is 60.7 Å². The van der Waals surface area contributed by atoms with Crippen molar-refractivity contribution in [2.24, 2.45) is 10.8 Å². The number of fused-ring (bicyclic) bond motifs is 3. The molecule has 0 saturated carbocycles. The van der Waals surface area contributed by atoms with Crippen molar-refractivity contribution < 1.29 is 34.8 Å². The first-order chi connectivity index (χ1) is 14.2. The van der Waals surface area contributed by atoms with Crippen molar-refractivity contribution in [1.29, 1.82) is 0 Å². The van der Waals surface area contributed by atoms with Crippen LogP contribution in [0.2, 0.25) is 0 Å². The minimum atomic E-state index is -2.53. The maximum Gasteiger partial charge on any atom is 0.209 e. The van der Waals surface area contributed by atoms with Crippen molar-refractivity contribution in [3.05, 3.63) is 51.0 Å². The molecule has 0 bridgehead atoms. The third kappa shape index (κ3) is 2.41. The number of aryl methyl sites for hydroxylation is 2. The Morgan fingerprint density at radius 2 is 1.65 bits per heavy atom. The zero-order valence-electron chi connectivity index (χ0n) is 18.2. The van der Waals surface area contributed by atoms with Crippen molar-refractivity contribution in [1.82, 2.24) is 0 Å². The second kappa shape index (κ2) is 6.07. The second-order valence-corrected chi connectivity index (χ2v) is 9.83. The molecule has 7 heteroatoms. The number of benzene rings is 1. The molecule has 3 atom stereocenters. The number of aromatic hydroxyl groups is 1. The van der Waals surface area contributed by atoms with Crippen molar-refractivity contribution in [2.45, 2.75) is 59.5 Å². The number of Topliss-reactive ketones (excluding diaryl/α,β-unsaturated/α-hetero) is 3. The Balaban J connectivity index is 2.04. The lowest BCUT2D eigenvalue weighted by molar-refractivity contribution is -0.158. The zero-order valence-corrected chi connectivity index (χ0v) is 18.2. The van der Waals surface area contributed by atoms with Crippen LogP contribution >= 0.6 is 0 Å². The molecular formula is C24H26O7. The topological polar surface area (TPSA) is 132 Å². The highest BCUT2D eigenvalue weighted by Crippen LogP contribution is 2.62. The van der Waals surface area contributed by atoms with Gasteiger partial charge in [0, 0.05) is 22.8 Å². The van der Waals surface area contributed by atoms with E-state index in [4.69, 9.17) is 0 Å². The molecule has 0 amide bonds. The van der Waals surface area contributed by atoms with Crippen molar-refractivity contribution in [2.75, 3.05) is 0 Å². The largest absolute Gasteiger partial charge is 0.511 e. The van der Waals surface area contributed by atoms with E-state index in [1.54, 1.807) is 26.8 Å². The molecule has 0 heterocycles. The summed E-state index contributed by atoms with van der Waals surface area (Å²) in [7, 11) is 0. The van der Waals surface area contributed by atoms with Crippen LogP contribution in [-0.2, 0) is 16.0 Å². The van der Waals surface area contributed by atoms with Crippen LogP contribution in [0, 0.1) is 24.7 Å². The van der Waals surface area contributed by atoms with Crippen LogP contribution in [0.25, 0.3) is 0 Å². The van der Waals surface area contributed by atoms with E-state index < -0.39 is 50.9 Å². The normalized spacial score (nSPS) is 32.6. The van der Waals surface area contributed by atoms with Gasteiger partial charge in [-0.1, -0.05) is 19.9 Å². The fourth-order valence-electron chi connectivity index (χ4n) is 6.07. The molecule has 0 radical (unpaired) electrons. The number of hydrogen-bond donors (Lipinski definition) is 4. The molecule has 4 rings (SSSR count). The number of rotatable bonds is 1. The second-order valence-electron chi connectivity index (χ2n) is 9.83. The van der Waals surface area contributed by atoms with Gasteiger partial charge in [-0.15, -0.1) is 0 Å².